The van der Waals surface area contributed by atoms with Gasteiger partial charge in [0.05, 0.1) is 13.3 Å². The van der Waals surface area contributed by atoms with Gasteiger partial charge in [0.25, 0.3) is 5.91 Å². The normalized spacial score (nSPS) is 10.7. The van der Waals surface area contributed by atoms with Crippen LogP contribution in [0.2, 0.25) is 0 Å². The second kappa shape index (κ2) is 5.87. The highest BCUT2D eigenvalue weighted by Gasteiger charge is 2.08. The lowest BCUT2D eigenvalue weighted by Gasteiger charge is -2.04. The van der Waals surface area contributed by atoms with Gasteiger partial charge in [-0.2, -0.15) is 10.2 Å². The molecule has 0 saturated heterocycles. The molecule has 0 bridgehead atoms. The number of carbonyl (C=O) groups excluding carboxylic acids is 1. The van der Waals surface area contributed by atoms with Gasteiger partial charge in [0.2, 0.25) is 0 Å². The fourth-order valence-electron chi connectivity index (χ4n) is 1.56. The number of aromatic nitrogens is 2. The van der Waals surface area contributed by atoms with Crippen molar-refractivity contribution in [2.75, 3.05) is 7.11 Å². The van der Waals surface area contributed by atoms with Crippen molar-refractivity contribution < 1.29 is 14.6 Å². The van der Waals surface area contributed by atoms with E-state index >= 15 is 0 Å². The van der Waals surface area contributed by atoms with Crippen LogP contribution in [-0.2, 0) is 7.05 Å². The summed E-state index contributed by atoms with van der Waals surface area (Å²) in [6, 6.07) is 6.56. The van der Waals surface area contributed by atoms with Crippen LogP contribution in [0.25, 0.3) is 0 Å². The maximum absolute atomic E-state index is 11.7. The molecule has 0 atom stereocenters. The number of aryl methyl sites for hydroxylation is 1. The zero-order chi connectivity index (χ0) is 14.5. The van der Waals surface area contributed by atoms with E-state index in [0.717, 1.165) is 0 Å². The van der Waals surface area contributed by atoms with Crippen LogP contribution in [0.5, 0.6) is 11.5 Å². The molecule has 2 aromatic rings. The summed E-state index contributed by atoms with van der Waals surface area (Å²) < 4.78 is 6.49. The molecule has 1 aromatic heterocycles. The van der Waals surface area contributed by atoms with Crippen LogP contribution < -0.4 is 10.2 Å². The van der Waals surface area contributed by atoms with Gasteiger partial charge in [-0.1, -0.05) is 6.07 Å². The quantitative estimate of drug-likeness (QED) is 0.640. The first-order valence-corrected chi connectivity index (χ1v) is 5.81. The summed E-state index contributed by atoms with van der Waals surface area (Å²) in [5.41, 5.74) is 3.03. The van der Waals surface area contributed by atoms with Crippen molar-refractivity contribution in [3.8, 4) is 11.5 Å². The predicted molar refractivity (Wildman–Crippen MR) is 72.9 cm³/mol. The Morgan fingerprint density at radius 2 is 2.30 bits per heavy atom. The average Bonchev–Trinajstić information content (AvgIpc) is 2.87. The van der Waals surface area contributed by atoms with E-state index in [4.69, 9.17) is 4.74 Å². The van der Waals surface area contributed by atoms with Crippen LogP contribution >= 0.6 is 0 Å². The molecular formula is C13H14N4O3. The largest absolute Gasteiger partial charge is 0.504 e. The standard InChI is InChI=1S/C13H14N4O3/c1-17-7-6-10(16-17)13(19)15-14-8-9-4-3-5-11(20-2)12(9)18/h3-8,18H,1-2H3,(H,15,19)/b14-8-. The van der Waals surface area contributed by atoms with Gasteiger partial charge < -0.3 is 9.84 Å². The van der Waals surface area contributed by atoms with Gasteiger partial charge in [-0.3, -0.25) is 9.48 Å². The third-order valence-corrected chi connectivity index (χ3v) is 2.57. The lowest BCUT2D eigenvalue weighted by Crippen LogP contribution is -2.18. The second-order valence-electron chi connectivity index (χ2n) is 3.97. The molecular weight excluding hydrogens is 260 g/mol. The molecule has 0 aliphatic heterocycles. The molecule has 0 aliphatic carbocycles. The van der Waals surface area contributed by atoms with Crippen LogP contribution in [0.3, 0.4) is 0 Å². The Balaban J connectivity index is 2.05. The van der Waals surface area contributed by atoms with Gasteiger partial charge in [-0.05, 0) is 18.2 Å². The third kappa shape index (κ3) is 2.94. The monoisotopic (exact) mass is 274 g/mol. The Hall–Kier alpha value is -2.83. The van der Waals surface area contributed by atoms with Gasteiger partial charge in [-0.15, -0.1) is 0 Å². The Bertz CT molecular complexity index is 649. The summed E-state index contributed by atoms with van der Waals surface area (Å²) in [6.45, 7) is 0. The number of methoxy groups -OCH3 is 1. The Kier molecular flexibility index (Phi) is 3.99. The number of nitrogens with one attached hydrogen (secondary N) is 1. The molecule has 104 valence electrons. The lowest BCUT2D eigenvalue weighted by molar-refractivity contribution is 0.0949. The number of rotatable bonds is 4. The Morgan fingerprint density at radius 1 is 1.50 bits per heavy atom. The van der Waals surface area contributed by atoms with Crippen molar-refractivity contribution in [3.63, 3.8) is 0 Å². The zero-order valence-corrected chi connectivity index (χ0v) is 11.1. The van der Waals surface area contributed by atoms with E-state index < -0.39 is 5.91 Å². The van der Waals surface area contributed by atoms with Gasteiger partial charge in [0, 0.05) is 18.8 Å². The fraction of sp³-hybridized carbons (Fsp3) is 0.154. The lowest BCUT2D eigenvalue weighted by atomic mass is 10.2. The molecule has 7 nitrogen and oxygen atoms in total. The number of ether oxygens (including phenoxy) is 1. The summed E-state index contributed by atoms with van der Waals surface area (Å²) in [6.07, 6.45) is 2.99. The van der Waals surface area contributed by atoms with Crippen molar-refractivity contribution in [2.45, 2.75) is 0 Å². The number of phenols is 1. The van der Waals surface area contributed by atoms with Crippen molar-refractivity contribution in [2.24, 2.45) is 12.1 Å². The number of benzene rings is 1. The summed E-state index contributed by atoms with van der Waals surface area (Å²) in [5.74, 6) is -0.125. The molecule has 2 N–H and O–H groups in total. The molecule has 2 rings (SSSR count). The number of aromatic hydroxyl groups is 1. The second-order valence-corrected chi connectivity index (χ2v) is 3.97. The van der Waals surface area contributed by atoms with E-state index in [0.29, 0.717) is 11.3 Å². The minimum absolute atomic E-state index is 0.0363. The SMILES string of the molecule is COc1cccc(/C=N\NC(=O)c2ccn(C)n2)c1O. The van der Waals surface area contributed by atoms with E-state index in [-0.39, 0.29) is 11.4 Å². The first kappa shape index (κ1) is 13.6. The fourth-order valence-corrected chi connectivity index (χ4v) is 1.56. The maximum Gasteiger partial charge on any atom is 0.291 e. The summed E-state index contributed by atoms with van der Waals surface area (Å²) in [7, 11) is 3.17. The number of hydrogen-bond acceptors (Lipinski definition) is 5. The molecule has 7 heteroatoms. The van der Waals surface area contributed by atoms with Crippen molar-refractivity contribution >= 4 is 12.1 Å². The van der Waals surface area contributed by atoms with Gasteiger partial charge in [0.15, 0.2) is 17.2 Å². The van der Waals surface area contributed by atoms with Crippen LogP contribution in [-0.4, -0.2) is 34.1 Å². The van der Waals surface area contributed by atoms with E-state index in [9.17, 15) is 9.90 Å². The molecule has 0 spiro atoms. The number of amides is 1. The molecule has 0 unspecified atom stereocenters. The van der Waals surface area contributed by atoms with Crippen LogP contribution in [0.4, 0.5) is 0 Å². The zero-order valence-electron chi connectivity index (χ0n) is 11.1. The number of phenolic OH excluding ortho intramolecular Hbond substituents is 1. The van der Waals surface area contributed by atoms with E-state index in [2.05, 4.69) is 15.6 Å². The minimum atomic E-state index is -0.427. The van der Waals surface area contributed by atoms with Crippen molar-refractivity contribution in [1.82, 2.24) is 15.2 Å². The highest BCUT2D eigenvalue weighted by Crippen LogP contribution is 2.27. The Labute approximate surface area is 115 Å². The van der Waals surface area contributed by atoms with Crippen molar-refractivity contribution in [1.29, 1.82) is 0 Å². The summed E-state index contributed by atoms with van der Waals surface area (Å²) in [4.78, 5) is 11.7. The molecule has 1 amide bonds. The summed E-state index contributed by atoms with van der Waals surface area (Å²) in [5, 5.41) is 17.5. The molecule has 0 saturated carbocycles. The summed E-state index contributed by atoms with van der Waals surface area (Å²) >= 11 is 0. The smallest absolute Gasteiger partial charge is 0.291 e. The molecule has 20 heavy (non-hydrogen) atoms. The number of para-hydroxylation sites is 1. The van der Waals surface area contributed by atoms with Gasteiger partial charge >= 0.3 is 0 Å². The molecule has 0 aliphatic rings. The number of hydrogen-bond donors (Lipinski definition) is 2. The maximum atomic E-state index is 11.7. The van der Waals surface area contributed by atoms with E-state index in [1.54, 1.807) is 37.5 Å². The molecule has 1 heterocycles. The van der Waals surface area contributed by atoms with Gasteiger partial charge in [0.1, 0.15) is 0 Å². The van der Waals surface area contributed by atoms with E-state index in [1.165, 1.54) is 18.0 Å². The first-order chi connectivity index (χ1) is 9.61. The van der Waals surface area contributed by atoms with Crippen LogP contribution in [0, 0.1) is 0 Å². The van der Waals surface area contributed by atoms with Crippen molar-refractivity contribution in [3.05, 3.63) is 41.7 Å². The van der Waals surface area contributed by atoms with Crippen LogP contribution in [0.15, 0.2) is 35.6 Å². The van der Waals surface area contributed by atoms with Gasteiger partial charge in [-0.25, -0.2) is 5.43 Å². The minimum Gasteiger partial charge on any atom is -0.504 e. The number of nitrogens with zero attached hydrogens (tertiary/aromatic N) is 3. The topological polar surface area (TPSA) is 88.7 Å². The number of carbonyl (C=O) groups is 1. The molecule has 1 aromatic carbocycles. The molecule has 0 fully saturated rings. The highest BCUT2D eigenvalue weighted by molar-refractivity contribution is 5.93. The molecule has 0 radical (unpaired) electrons. The first-order valence-electron chi connectivity index (χ1n) is 5.81. The highest BCUT2D eigenvalue weighted by atomic mass is 16.5. The predicted octanol–water partition coefficient (Wildman–Crippen LogP) is 0.898. The Morgan fingerprint density at radius 3 is 2.95 bits per heavy atom. The number of hydrazone groups is 1. The van der Waals surface area contributed by atoms with Crippen LogP contribution in [0.1, 0.15) is 16.1 Å². The average molecular weight is 274 g/mol. The third-order valence-electron chi connectivity index (χ3n) is 2.57. The van der Waals surface area contributed by atoms with E-state index in [1.807, 2.05) is 0 Å².